The molecular weight excluding hydrogens is 238 g/mol. The van der Waals surface area contributed by atoms with E-state index in [1.165, 1.54) is 28.5 Å². The van der Waals surface area contributed by atoms with E-state index in [1.54, 1.807) is 0 Å². The fourth-order valence-electron chi connectivity index (χ4n) is 2.63. The largest absolute Gasteiger partial charge is 0.198 e. The molecule has 90 valence electrons. The maximum Gasteiger partial charge on any atom is 0.0667 e. The second-order valence-electron chi connectivity index (χ2n) is 4.83. The molecule has 1 aliphatic carbocycles. The van der Waals surface area contributed by atoms with E-state index in [2.05, 4.69) is 48.5 Å². The van der Waals surface area contributed by atoms with Crippen LogP contribution in [0.5, 0.6) is 0 Å². The first kappa shape index (κ1) is 11.6. The van der Waals surface area contributed by atoms with E-state index >= 15 is 0 Å². The fraction of sp³-hybridized carbons (Fsp3) is 0.312. The quantitative estimate of drug-likeness (QED) is 0.779. The molecule has 1 fully saturated rings. The molecule has 0 bridgehead atoms. The van der Waals surface area contributed by atoms with Crippen molar-refractivity contribution in [3.63, 3.8) is 0 Å². The Morgan fingerprint density at radius 3 is 2.72 bits per heavy atom. The van der Waals surface area contributed by atoms with Gasteiger partial charge in [-0.15, -0.1) is 11.8 Å². The van der Waals surface area contributed by atoms with E-state index in [0.717, 1.165) is 6.42 Å². The highest BCUT2D eigenvalue weighted by Crippen LogP contribution is 2.39. The van der Waals surface area contributed by atoms with Crippen molar-refractivity contribution in [3.05, 3.63) is 42.5 Å². The van der Waals surface area contributed by atoms with Gasteiger partial charge in [-0.3, -0.25) is 0 Å². The van der Waals surface area contributed by atoms with Crippen molar-refractivity contribution in [2.75, 3.05) is 0 Å². The van der Waals surface area contributed by atoms with Crippen LogP contribution in [0.3, 0.4) is 0 Å². The Kier molecular flexibility index (Phi) is 3.25. The Hall–Kier alpha value is -1.46. The predicted molar refractivity (Wildman–Crippen MR) is 76.5 cm³/mol. The summed E-state index contributed by atoms with van der Waals surface area (Å²) in [7, 11) is 0. The summed E-state index contributed by atoms with van der Waals surface area (Å²) in [6.07, 6.45) is 3.45. The number of benzene rings is 2. The molecule has 0 N–H and O–H groups in total. The summed E-state index contributed by atoms with van der Waals surface area (Å²) >= 11 is 1.88. The lowest BCUT2D eigenvalue weighted by Gasteiger charge is -2.13. The highest BCUT2D eigenvalue weighted by molar-refractivity contribution is 8.00. The number of nitrogens with zero attached hydrogens (tertiary/aromatic N) is 1. The first-order valence-corrected chi connectivity index (χ1v) is 7.30. The third-order valence-electron chi connectivity index (χ3n) is 3.63. The van der Waals surface area contributed by atoms with Crippen LogP contribution in [-0.4, -0.2) is 5.25 Å². The second-order valence-corrected chi connectivity index (χ2v) is 6.14. The van der Waals surface area contributed by atoms with Gasteiger partial charge in [-0.1, -0.05) is 36.8 Å². The normalized spacial score (nSPS) is 23.1. The minimum atomic E-state index is 0.237. The molecule has 0 amide bonds. The van der Waals surface area contributed by atoms with Gasteiger partial charge in [0.05, 0.1) is 12.0 Å². The number of fused-ring (bicyclic) bond motifs is 1. The minimum absolute atomic E-state index is 0.237. The molecule has 0 aromatic heterocycles. The lowest BCUT2D eigenvalue weighted by Crippen LogP contribution is -2.06. The Morgan fingerprint density at radius 1 is 1.06 bits per heavy atom. The van der Waals surface area contributed by atoms with Crippen LogP contribution in [0.15, 0.2) is 47.4 Å². The van der Waals surface area contributed by atoms with Crippen molar-refractivity contribution in [1.82, 2.24) is 0 Å². The molecule has 2 aromatic carbocycles. The summed E-state index contributed by atoms with van der Waals surface area (Å²) in [6, 6.07) is 17.5. The van der Waals surface area contributed by atoms with Crippen molar-refractivity contribution >= 4 is 22.5 Å². The molecule has 0 heterocycles. The average Bonchev–Trinajstić information content (AvgIpc) is 2.86. The van der Waals surface area contributed by atoms with Crippen LogP contribution >= 0.6 is 11.8 Å². The summed E-state index contributed by atoms with van der Waals surface area (Å²) < 4.78 is 0. The molecule has 1 nitrogen and oxygen atoms in total. The molecule has 2 aromatic rings. The maximum absolute atomic E-state index is 9.12. The topological polar surface area (TPSA) is 23.8 Å². The molecule has 2 unspecified atom stereocenters. The summed E-state index contributed by atoms with van der Waals surface area (Å²) in [5.41, 5.74) is 0. The van der Waals surface area contributed by atoms with Crippen LogP contribution in [-0.2, 0) is 0 Å². The van der Waals surface area contributed by atoms with Gasteiger partial charge in [0.2, 0.25) is 0 Å². The molecule has 2 atom stereocenters. The molecule has 0 radical (unpaired) electrons. The molecule has 0 spiro atoms. The zero-order valence-corrected chi connectivity index (χ0v) is 11.0. The van der Waals surface area contributed by atoms with Crippen LogP contribution in [0.25, 0.3) is 10.8 Å². The van der Waals surface area contributed by atoms with Crippen LogP contribution in [0.4, 0.5) is 0 Å². The van der Waals surface area contributed by atoms with Gasteiger partial charge in [0.1, 0.15) is 0 Å². The van der Waals surface area contributed by atoms with Gasteiger partial charge >= 0.3 is 0 Å². The molecule has 0 saturated heterocycles. The van der Waals surface area contributed by atoms with E-state index in [4.69, 9.17) is 5.26 Å². The Bertz CT molecular complexity index is 599. The van der Waals surface area contributed by atoms with E-state index < -0.39 is 0 Å². The van der Waals surface area contributed by atoms with Gasteiger partial charge in [-0.05, 0) is 35.7 Å². The van der Waals surface area contributed by atoms with E-state index in [0.29, 0.717) is 5.25 Å². The Balaban J connectivity index is 1.85. The third kappa shape index (κ3) is 2.23. The molecule has 1 aliphatic rings. The summed E-state index contributed by atoms with van der Waals surface area (Å²) in [4.78, 5) is 1.29. The number of nitriles is 1. The Labute approximate surface area is 112 Å². The highest BCUT2D eigenvalue weighted by atomic mass is 32.2. The molecule has 1 saturated carbocycles. The third-order valence-corrected chi connectivity index (χ3v) is 5.02. The van der Waals surface area contributed by atoms with Gasteiger partial charge in [-0.2, -0.15) is 5.26 Å². The van der Waals surface area contributed by atoms with Crippen LogP contribution < -0.4 is 0 Å². The number of rotatable bonds is 2. The zero-order valence-electron chi connectivity index (χ0n) is 10.2. The molecule has 0 aliphatic heterocycles. The van der Waals surface area contributed by atoms with Crippen molar-refractivity contribution < 1.29 is 0 Å². The van der Waals surface area contributed by atoms with Crippen LogP contribution in [0, 0.1) is 17.2 Å². The van der Waals surface area contributed by atoms with Gasteiger partial charge < -0.3 is 0 Å². The summed E-state index contributed by atoms with van der Waals surface area (Å²) in [5.74, 6) is 0.237. The van der Waals surface area contributed by atoms with Crippen molar-refractivity contribution in [3.8, 4) is 6.07 Å². The molecule has 18 heavy (non-hydrogen) atoms. The summed E-state index contributed by atoms with van der Waals surface area (Å²) in [5, 5.41) is 12.2. The van der Waals surface area contributed by atoms with Gasteiger partial charge in [0.15, 0.2) is 0 Å². The monoisotopic (exact) mass is 253 g/mol. The van der Waals surface area contributed by atoms with E-state index in [-0.39, 0.29) is 5.92 Å². The maximum atomic E-state index is 9.12. The smallest absolute Gasteiger partial charge is 0.0667 e. The number of thioether (sulfide) groups is 1. The van der Waals surface area contributed by atoms with Crippen LogP contribution in [0.2, 0.25) is 0 Å². The number of hydrogen-bond donors (Lipinski definition) is 0. The van der Waals surface area contributed by atoms with Crippen molar-refractivity contribution in [2.24, 2.45) is 5.92 Å². The summed E-state index contributed by atoms with van der Waals surface area (Å²) in [6.45, 7) is 0. The lowest BCUT2D eigenvalue weighted by molar-refractivity contribution is 0.714. The predicted octanol–water partition coefficient (Wildman–Crippen LogP) is 4.62. The SMILES string of the molecule is N#CC1CCCC1Sc1ccc2ccccc2c1. The lowest BCUT2D eigenvalue weighted by atomic mass is 10.1. The molecule has 3 rings (SSSR count). The highest BCUT2D eigenvalue weighted by Gasteiger charge is 2.27. The molecule has 2 heteroatoms. The minimum Gasteiger partial charge on any atom is -0.198 e. The first-order valence-electron chi connectivity index (χ1n) is 6.42. The Morgan fingerprint density at radius 2 is 1.89 bits per heavy atom. The zero-order chi connectivity index (χ0) is 12.4. The van der Waals surface area contributed by atoms with E-state index in [9.17, 15) is 0 Å². The average molecular weight is 253 g/mol. The molecular formula is C16H15NS. The van der Waals surface area contributed by atoms with Crippen molar-refractivity contribution in [2.45, 2.75) is 29.4 Å². The standard InChI is InChI=1S/C16H15NS/c17-11-14-6-3-7-16(14)18-15-9-8-12-4-1-2-5-13(12)10-15/h1-2,4-5,8-10,14,16H,3,6-7H2. The van der Waals surface area contributed by atoms with Gasteiger partial charge in [0, 0.05) is 10.1 Å². The van der Waals surface area contributed by atoms with Crippen molar-refractivity contribution in [1.29, 1.82) is 5.26 Å². The van der Waals surface area contributed by atoms with E-state index in [1.807, 2.05) is 11.8 Å². The van der Waals surface area contributed by atoms with Crippen LogP contribution in [0.1, 0.15) is 19.3 Å². The van der Waals surface area contributed by atoms with Gasteiger partial charge in [0.25, 0.3) is 0 Å². The second kappa shape index (κ2) is 5.04. The first-order chi connectivity index (χ1) is 8.86. The number of hydrogen-bond acceptors (Lipinski definition) is 2. The van der Waals surface area contributed by atoms with Gasteiger partial charge in [-0.25, -0.2) is 0 Å². The fourth-order valence-corrected chi connectivity index (χ4v) is 3.97.